The van der Waals surface area contributed by atoms with Crippen molar-refractivity contribution in [2.45, 2.75) is 65.1 Å². The lowest BCUT2D eigenvalue weighted by Crippen LogP contribution is -2.44. The molecule has 5 nitrogen and oxygen atoms in total. The minimum Gasteiger partial charge on any atom is -0.387 e. The molecule has 1 N–H and O–H groups in total. The molecule has 2 aliphatic rings. The van der Waals surface area contributed by atoms with E-state index in [9.17, 15) is 5.11 Å². The second kappa shape index (κ2) is 9.12. The fourth-order valence-electron chi connectivity index (χ4n) is 5.89. The molecule has 34 heavy (non-hydrogen) atoms. The van der Waals surface area contributed by atoms with Crippen LogP contribution in [0.1, 0.15) is 69.5 Å². The standard InChI is InChI=1S/C29H35N3O2/c1-4-21(2)34-20-29(18-27(33)25-12-8-9-15-30-25)14-13-23-16-26-22(17-28(23,29)3)19-31-32(26)24-10-6-5-7-11-24/h5-12,15-16,19,21,27,33H,4,13-14,17-18,20H2,1-3H3. The quantitative estimate of drug-likeness (QED) is 0.455. The molecular formula is C29H35N3O2. The van der Waals surface area contributed by atoms with Gasteiger partial charge in [-0.15, -0.1) is 0 Å². The third kappa shape index (κ3) is 3.91. The van der Waals surface area contributed by atoms with E-state index in [2.05, 4.69) is 60.8 Å². The summed E-state index contributed by atoms with van der Waals surface area (Å²) in [6, 6.07) is 16.1. The maximum Gasteiger partial charge on any atom is 0.0966 e. The highest BCUT2D eigenvalue weighted by Gasteiger charge is 2.56. The van der Waals surface area contributed by atoms with E-state index in [1.165, 1.54) is 16.8 Å². The van der Waals surface area contributed by atoms with Crippen molar-refractivity contribution in [3.05, 3.63) is 83.4 Å². The van der Waals surface area contributed by atoms with E-state index in [0.29, 0.717) is 13.0 Å². The summed E-state index contributed by atoms with van der Waals surface area (Å²) in [4.78, 5) is 4.44. The van der Waals surface area contributed by atoms with Gasteiger partial charge in [0.05, 0.1) is 42.1 Å². The number of hydrogen-bond donors (Lipinski definition) is 1. The number of nitrogens with zero attached hydrogens (tertiary/aromatic N) is 3. The number of ether oxygens (including phenoxy) is 1. The number of aromatic nitrogens is 3. The van der Waals surface area contributed by atoms with Crippen molar-refractivity contribution in [3.8, 4) is 5.69 Å². The summed E-state index contributed by atoms with van der Waals surface area (Å²) >= 11 is 0. The number of para-hydroxylation sites is 1. The molecule has 0 aliphatic heterocycles. The van der Waals surface area contributed by atoms with Crippen LogP contribution in [0.5, 0.6) is 0 Å². The Hall–Kier alpha value is -2.76. The van der Waals surface area contributed by atoms with Gasteiger partial charge in [-0.25, -0.2) is 4.68 Å². The summed E-state index contributed by atoms with van der Waals surface area (Å²) in [6.07, 6.45) is 10.2. The number of fused-ring (bicyclic) bond motifs is 2. The zero-order chi connectivity index (χ0) is 23.8. The Morgan fingerprint density at radius 1 is 1.15 bits per heavy atom. The Morgan fingerprint density at radius 2 is 1.94 bits per heavy atom. The van der Waals surface area contributed by atoms with Crippen LogP contribution in [0.2, 0.25) is 0 Å². The smallest absolute Gasteiger partial charge is 0.0966 e. The van der Waals surface area contributed by atoms with Crippen LogP contribution in [0.3, 0.4) is 0 Å². The highest BCUT2D eigenvalue weighted by Crippen LogP contribution is 2.63. The average molecular weight is 458 g/mol. The van der Waals surface area contributed by atoms with Crippen LogP contribution in [0, 0.1) is 10.8 Å². The number of benzene rings is 1. The Labute approximate surface area is 202 Å². The van der Waals surface area contributed by atoms with E-state index in [1.807, 2.05) is 30.5 Å². The van der Waals surface area contributed by atoms with E-state index in [0.717, 1.165) is 37.1 Å². The fourth-order valence-corrected chi connectivity index (χ4v) is 5.89. The van der Waals surface area contributed by atoms with Crippen LogP contribution in [0.15, 0.2) is 66.5 Å². The van der Waals surface area contributed by atoms with Crippen molar-refractivity contribution < 1.29 is 9.84 Å². The van der Waals surface area contributed by atoms with Gasteiger partial charge in [0.15, 0.2) is 0 Å². The maximum absolute atomic E-state index is 11.3. The number of aliphatic hydroxyl groups is 1. The second-order valence-corrected chi connectivity index (χ2v) is 10.3. The lowest BCUT2D eigenvalue weighted by atomic mass is 9.59. The van der Waals surface area contributed by atoms with Gasteiger partial charge in [0, 0.05) is 17.0 Å². The summed E-state index contributed by atoms with van der Waals surface area (Å²) in [5.41, 5.74) is 5.43. The zero-order valence-electron chi connectivity index (χ0n) is 20.4. The van der Waals surface area contributed by atoms with E-state index < -0.39 is 6.10 Å². The zero-order valence-corrected chi connectivity index (χ0v) is 20.4. The fraction of sp³-hybridized carbons (Fsp3) is 0.448. The van der Waals surface area contributed by atoms with Gasteiger partial charge in [-0.05, 0) is 74.9 Å². The van der Waals surface area contributed by atoms with E-state index in [4.69, 9.17) is 9.84 Å². The van der Waals surface area contributed by atoms with Gasteiger partial charge in [0.1, 0.15) is 0 Å². The molecule has 2 heterocycles. The summed E-state index contributed by atoms with van der Waals surface area (Å²) in [6.45, 7) is 7.31. The molecule has 4 unspecified atom stereocenters. The van der Waals surface area contributed by atoms with Crippen LogP contribution in [0.4, 0.5) is 0 Å². The van der Waals surface area contributed by atoms with E-state index >= 15 is 0 Å². The number of rotatable bonds is 8. The molecule has 1 saturated carbocycles. The van der Waals surface area contributed by atoms with Crippen molar-refractivity contribution in [2.75, 3.05) is 6.61 Å². The molecule has 178 valence electrons. The Bertz CT molecular complexity index is 1160. The third-order valence-corrected chi connectivity index (χ3v) is 8.33. The lowest BCUT2D eigenvalue weighted by Gasteiger charge is -2.47. The monoisotopic (exact) mass is 457 g/mol. The summed E-state index contributed by atoms with van der Waals surface area (Å²) in [7, 11) is 0. The summed E-state index contributed by atoms with van der Waals surface area (Å²) < 4.78 is 8.47. The van der Waals surface area contributed by atoms with Crippen LogP contribution >= 0.6 is 0 Å². The van der Waals surface area contributed by atoms with Gasteiger partial charge < -0.3 is 9.84 Å². The minimum atomic E-state index is -0.619. The maximum atomic E-state index is 11.3. The molecule has 0 amide bonds. The summed E-state index contributed by atoms with van der Waals surface area (Å²) in [5, 5.41) is 16.0. The van der Waals surface area contributed by atoms with Crippen LogP contribution in [-0.2, 0) is 11.2 Å². The predicted molar refractivity (Wildman–Crippen MR) is 135 cm³/mol. The van der Waals surface area contributed by atoms with Crippen molar-refractivity contribution in [2.24, 2.45) is 10.8 Å². The molecular weight excluding hydrogens is 422 g/mol. The van der Waals surface area contributed by atoms with Crippen LogP contribution in [0.25, 0.3) is 11.8 Å². The molecule has 0 saturated heterocycles. The van der Waals surface area contributed by atoms with Gasteiger partial charge in [0.2, 0.25) is 0 Å². The van der Waals surface area contributed by atoms with Gasteiger partial charge >= 0.3 is 0 Å². The predicted octanol–water partition coefficient (Wildman–Crippen LogP) is 5.93. The minimum absolute atomic E-state index is 0.103. The molecule has 1 fully saturated rings. The van der Waals surface area contributed by atoms with Gasteiger partial charge in [-0.2, -0.15) is 5.10 Å². The normalized spacial score (nSPS) is 25.4. The Balaban J connectivity index is 1.51. The van der Waals surface area contributed by atoms with Crippen LogP contribution < -0.4 is 0 Å². The number of allylic oxidation sites excluding steroid dienone is 1. The number of hydrogen-bond acceptors (Lipinski definition) is 4. The average Bonchev–Trinajstić information content (AvgIpc) is 3.40. The molecule has 1 aromatic carbocycles. The molecule has 0 bridgehead atoms. The summed E-state index contributed by atoms with van der Waals surface area (Å²) in [5.74, 6) is 0. The van der Waals surface area contributed by atoms with Crippen molar-refractivity contribution in [1.82, 2.24) is 14.8 Å². The van der Waals surface area contributed by atoms with Gasteiger partial charge in [-0.1, -0.05) is 43.7 Å². The topological polar surface area (TPSA) is 60.2 Å². The van der Waals surface area contributed by atoms with Crippen molar-refractivity contribution in [1.29, 1.82) is 0 Å². The van der Waals surface area contributed by atoms with Crippen LogP contribution in [-0.4, -0.2) is 32.6 Å². The van der Waals surface area contributed by atoms with E-state index in [1.54, 1.807) is 6.20 Å². The molecule has 2 aromatic heterocycles. The highest BCUT2D eigenvalue weighted by atomic mass is 16.5. The molecule has 3 aromatic rings. The number of aliphatic hydroxyl groups excluding tert-OH is 1. The molecule has 0 spiro atoms. The molecule has 5 heteroatoms. The Morgan fingerprint density at radius 3 is 2.68 bits per heavy atom. The Kier molecular flexibility index (Phi) is 6.17. The highest BCUT2D eigenvalue weighted by molar-refractivity contribution is 5.62. The first kappa shape index (κ1) is 23.0. The van der Waals surface area contributed by atoms with Crippen molar-refractivity contribution in [3.63, 3.8) is 0 Å². The first-order valence-corrected chi connectivity index (χ1v) is 12.5. The number of pyridine rings is 1. The second-order valence-electron chi connectivity index (χ2n) is 10.3. The molecule has 4 atom stereocenters. The molecule has 0 radical (unpaired) electrons. The van der Waals surface area contributed by atoms with Crippen molar-refractivity contribution >= 4 is 6.08 Å². The lowest BCUT2D eigenvalue weighted by molar-refractivity contribution is -0.0673. The van der Waals surface area contributed by atoms with E-state index in [-0.39, 0.29) is 16.9 Å². The van der Waals surface area contributed by atoms with Gasteiger partial charge in [-0.3, -0.25) is 4.98 Å². The first-order valence-electron chi connectivity index (χ1n) is 12.5. The van der Waals surface area contributed by atoms with Gasteiger partial charge in [0.25, 0.3) is 0 Å². The molecule has 5 rings (SSSR count). The third-order valence-electron chi connectivity index (χ3n) is 8.33. The largest absolute Gasteiger partial charge is 0.387 e. The molecule has 2 aliphatic carbocycles. The first-order chi connectivity index (χ1) is 16.5. The SMILES string of the molecule is CCC(C)OCC1(CC(O)c2ccccn2)CCC2=Cc3c(cnn3-c3ccccc3)CC21C.